The average molecular weight is 200 g/mol. The third kappa shape index (κ3) is 2.94. The number of rotatable bonds is 5. The molecule has 0 aromatic heterocycles. The summed E-state index contributed by atoms with van der Waals surface area (Å²) in [5.74, 6) is 1.32. The molecule has 3 unspecified atom stereocenters. The van der Waals surface area contributed by atoms with Crippen LogP contribution in [0.4, 0.5) is 0 Å². The van der Waals surface area contributed by atoms with Gasteiger partial charge >= 0.3 is 0 Å². The first-order chi connectivity index (χ1) is 6.69. The minimum Gasteiger partial charge on any atom is -0.384 e. The molecule has 14 heavy (non-hydrogen) atoms. The normalized spacial score (nSPS) is 27.9. The van der Waals surface area contributed by atoms with Crippen molar-refractivity contribution in [2.75, 3.05) is 33.4 Å². The van der Waals surface area contributed by atoms with Gasteiger partial charge in [0.15, 0.2) is 0 Å². The zero-order valence-corrected chi connectivity index (χ0v) is 9.70. The van der Waals surface area contributed by atoms with Gasteiger partial charge in [0.1, 0.15) is 0 Å². The summed E-state index contributed by atoms with van der Waals surface area (Å²) in [6.07, 6.45) is 1.27. The summed E-state index contributed by atoms with van der Waals surface area (Å²) in [7, 11) is 1.79. The molecule has 1 aliphatic heterocycles. The summed E-state index contributed by atoms with van der Waals surface area (Å²) in [6.45, 7) is 8.59. The van der Waals surface area contributed by atoms with E-state index in [2.05, 4.69) is 18.7 Å². The van der Waals surface area contributed by atoms with E-state index >= 15 is 0 Å². The van der Waals surface area contributed by atoms with Crippen molar-refractivity contribution in [1.82, 2.24) is 4.90 Å². The lowest BCUT2D eigenvalue weighted by atomic mass is 10.0. The molecule has 1 aliphatic rings. The number of methoxy groups -OCH3 is 1. The summed E-state index contributed by atoms with van der Waals surface area (Å²) in [6, 6.07) is 0.613. The van der Waals surface area contributed by atoms with Gasteiger partial charge in [0.05, 0.1) is 6.61 Å². The van der Waals surface area contributed by atoms with E-state index in [1.165, 1.54) is 19.5 Å². The van der Waals surface area contributed by atoms with E-state index < -0.39 is 0 Å². The minimum atomic E-state index is 0.594. The van der Waals surface area contributed by atoms with E-state index in [0.29, 0.717) is 12.0 Å². The molecule has 3 atom stereocenters. The standard InChI is InChI=1S/C11H24N2O/c1-9(6-12)10(2)13-5-4-11(7-13)8-14-3/h9-11H,4-8,12H2,1-3H3. The molecule has 0 amide bonds. The Hall–Kier alpha value is -0.120. The van der Waals surface area contributed by atoms with Gasteiger partial charge in [-0.3, -0.25) is 4.90 Å². The Kier molecular flexibility index (Phi) is 4.85. The van der Waals surface area contributed by atoms with Crippen LogP contribution in [0.2, 0.25) is 0 Å². The largest absolute Gasteiger partial charge is 0.384 e. The summed E-state index contributed by atoms with van der Waals surface area (Å²) in [4.78, 5) is 2.54. The van der Waals surface area contributed by atoms with E-state index in [-0.39, 0.29) is 0 Å². The van der Waals surface area contributed by atoms with E-state index in [9.17, 15) is 0 Å². The Balaban J connectivity index is 2.33. The first-order valence-electron chi connectivity index (χ1n) is 5.62. The second-order valence-corrected chi connectivity index (χ2v) is 4.56. The number of hydrogen-bond donors (Lipinski definition) is 1. The average Bonchev–Trinajstić information content (AvgIpc) is 2.64. The number of ether oxygens (including phenoxy) is 1. The Morgan fingerprint density at radius 2 is 2.21 bits per heavy atom. The van der Waals surface area contributed by atoms with Gasteiger partial charge in [-0.05, 0) is 38.3 Å². The van der Waals surface area contributed by atoms with Gasteiger partial charge in [-0.2, -0.15) is 0 Å². The fourth-order valence-electron chi connectivity index (χ4n) is 2.16. The molecule has 0 saturated carbocycles. The second-order valence-electron chi connectivity index (χ2n) is 4.56. The molecule has 1 fully saturated rings. The number of nitrogens with zero attached hydrogens (tertiary/aromatic N) is 1. The molecule has 1 saturated heterocycles. The Morgan fingerprint density at radius 1 is 1.50 bits per heavy atom. The van der Waals surface area contributed by atoms with Crippen LogP contribution in [-0.2, 0) is 4.74 Å². The van der Waals surface area contributed by atoms with E-state index in [4.69, 9.17) is 10.5 Å². The number of nitrogens with two attached hydrogens (primary N) is 1. The number of likely N-dealkylation sites (tertiary alicyclic amines) is 1. The molecular formula is C11H24N2O. The summed E-state index contributed by atoms with van der Waals surface area (Å²) in [5, 5.41) is 0. The topological polar surface area (TPSA) is 38.5 Å². The Bertz CT molecular complexity index is 163. The van der Waals surface area contributed by atoms with Gasteiger partial charge in [-0.15, -0.1) is 0 Å². The van der Waals surface area contributed by atoms with Crippen LogP contribution >= 0.6 is 0 Å². The van der Waals surface area contributed by atoms with Crippen LogP contribution < -0.4 is 5.73 Å². The predicted octanol–water partition coefficient (Wildman–Crippen LogP) is 0.938. The van der Waals surface area contributed by atoms with E-state index in [1.807, 2.05) is 0 Å². The first kappa shape index (κ1) is 12.0. The van der Waals surface area contributed by atoms with Gasteiger partial charge in [0.25, 0.3) is 0 Å². The molecule has 3 heteroatoms. The highest BCUT2D eigenvalue weighted by atomic mass is 16.5. The van der Waals surface area contributed by atoms with Gasteiger partial charge in [-0.1, -0.05) is 6.92 Å². The SMILES string of the molecule is COCC1CCN(C(C)C(C)CN)C1. The van der Waals surface area contributed by atoms with Gasteiger partial charge in [-0.25, -0.2) is 0 Å². The van der Waals surface area contributed by atoms with Crippen LogP contribution in [0.1, 0.15) is 20.3 Å². The zero-order chi connectivity index (χ0) is 10.6. The summed E-state index contributed by atoms with van der Waals surface area (Å²) >= 11 is 0. The van der Waals surface area contributed by atoms with Gasteiger partial charge in [0, 0.05) is 19.7 Å². The molecule has 0 aliphatic carbocycles. The maximum Gasteiger partial charge on any atom is 0.0503 e. The Morgan fingerprint density at radius 3 is 2.79 bits per heavy atom. The van der Waals surface area contributed by atoms with E-state index in [1.54, 1.807) is 7.11 Å². The quantitative estimate of drug-likeness (QED) is 0.718. The minimum absolute atomic E-state index is 0.594. The molecule has 3 nitrogen and oxygen atoms in total. The lowest BCUT2D eigenvalue weighted by Gasteiger charge is -2.28. The van der Waals surface area contributed by atoms with Gasteiger partial charge in [0.2, 0.25) is 0 Å². The highest BCUT2D eigenvalue weighted by Crippen LogP contribution is 2.21. The fourth-order valence-corrected chi connectivity index (χ4v) is 2.16. The van der Waals surface area contributed by atoms with Crippen molar-refractivity contribution in [2.24, 2.45) is 17.6 Å². The van der Waals surface area contributed by atoms with Crippen LogP contribution in [0.15, 0.2) is 0 Å². The fraction of sp³-hybridized carbons (Fsp3) is 1.00. The van der Waals surface area contributed by atoms with Crippen molar-refractivity contribution >= 4 is 0 Å². The third-order valence-electron chi connectivity index (χ3n) is 3.49. The molecule has 0 bridgehead atoms. The van der Waals surface area contributed by atoms with Crippen LogP contribution in [-0.4, -0.2) is 44.3 Å². The first-order valence-corrected chi connectivity index (χ1v) is 5.62. The summed E-state index contributed by atoms with van der Waals surface area (Å²) < 4.78 is 5.19. The highest BCUT2D eigenvalue weighted by Gasteiger charge is 2.27. The second kappa shape index (κ2) is 5.69. The van der Waals surface area contributed by atoms with E-state index in [0.717, 1.165) is 19.1 Å². The van der Waals surface area contributed by atoms with Gasteiger partial charge < -0.3 is 10.5 Å². The maximum atomic E-state index is 5.68. The molecule has 0 aromatic rings. The molecule has 1 rings (SSSR count). The predicted molar refractivity (Wildman–Crippen MR) is 59.2 cm³/mol. The highest BCUT2D eigenvalue weighted by molar-refractivity contribution is 4.81. The lowest BCUT2D eigenvalue weighted by molar-refractivity contribution is 0.141. The van der Waals surface area contributed by atoms with Crippen LogP contribution in [0.3, 0.4) is 0 Å². The van der Waals surface area contributed by atoms with Crippen LogP contribution in [0.25, 0.3) is 0 Å². The lowest BCUT2D eigenvalue weighted by Crippen LogP contribution is -2.38. The van der Waals surface area contributed by atoms with Crippen LogP contribution in [0.5, 0.6) is 0 Å². The number of hydrogen-bond acceptors (Lipinski definition) is 3. The molecule has 84 valence electrons. The van der Waals surface area contributed by atoms with Crippen molar-refractivity contribution in [2.45, 2.75) is 26.3 Å². The molecule has 0 spiro atoms. The van der Waals surface area contributed by atoms with Crippen molar-refractivity contribution in [3.8, 4) is 0 Å². The molecule has 1 heterocycles. The van der Waals surface area contributed by atoms with Crippen molar-refractivity contribution in [1.29, 1.82) is 0 Å². The van der Waals surface area contributed by atoms with Crippen molar-refractivity contribution in [3.05, 3.63) is 0 Å². The van der Waals surface area contributed by atoms with Crippen molar-refractivity contribution < 1.29 is 4.74 Å². The molecule has 2 N–H and O–H groups in total. The van der Waals surface area contributed by atoms with Crippen LogP contribution in [0, 0.1) is 11.8 Å². The Labute approximate surface area is 87.6 Å². The third-order valence-corrected chi connectivity index (χ3v) is 3.49. The molecule has 0 radical (unpaired) electrons. The monoisotopic (exact) mass is 200 g/mol. The summed E-state index contributed by atoms with van der Waals surface area (Å²) in [5.41, 5.74) is 5.68. The molecule has 0 aromatic carbocycles. The smallest absolute Gasteiger partial charge is 0.0503 e. The zero-order valence-electron chi connectivity index (χ0n) is 9.70. The molecular weight excluding hydrogens is 176 g/mol. The van der Waals surface area contributed by atoms with Crippen molar-refractivity contribution in [3.63, 3.8) is 0 Å². The maximum absolute atomic E-state index is 5.68.